The van der Waals surface area contributed by atoms with E-state index in [1.165, 1.54) is 5.56 Å². The summed E-state index contributed by atoms with van der Waals surface area (Å²) in [6, 6.07) is 26.5. The van der Waals surface area contributed by atoms with Gasteiger partial charge in [0, 0.05) is 6.04 Å². The number of carbonyl (C=O) groups excluding carboxylic acids is 1. The van der Waals surface area contributed by atoms with Gasteiger partial charge in [0.05, 0.1) is 11.9 Å². The normalized spacial score (nSPS) is 12.6. The van der Waals surface area contributed by atoms with Crippen LogP contribution in [0.5, 0.6) is 5.75 Å². The van der Waals surface area contributed by atoms with Crippen molar-refractivity contribution in [1.29, 1.82) is 0 Å². The summed E-state index contributed by atoms with van der Waals surface area (Å²) in [5, 5.41) is 2.96. The molecule has 0 saturated carbocycles. The van der Waals surface area contributed by atoms with Crippen LogP contribution in [0, 0.1) is 0 Å². The molecule has 0 radical (unpaired) electrons. The van der Waals surface area contributed by atoms with E-state index in [0.717, 1.165) is 22.5 Å². The zero-order valence-electron chi connectivity index (χ0n) is 20.8. The lowest BCUT2D eigenvalue weighted by atomic mass is 9.79. The topological polar surface area (TPSA) is 75.7 Å². The lowest BCUT2D eigenvalue weighted by Gasteiger charge is -2.30. The molecule has 1 amide bonds. The smallest absolute Gasteiger partial charge is 0.240 e. The molecular formula is C28H34N2O4S. The molecule has 0 bridgehead atoms. The number of sulfonamides is 1. The molecule has 0 heterocycles. The zero-order chi connectivity index (χ0) is 25.5. The Balaban J connectivity index is 1.61. The summed E-state index contributed by atoms with van der Waals surface area (Å²) >= 11 is 0. The predicted molar refractivity (Wildman–Crippen MR) is 141 cm³/mol. The molecule has 3 aromatic rings. The van der Waals surface area contributed by atoms with Crippen LogP contribution in [-0.4, -0.2) is 33.2 Å². The number of hydrogen-bond donors (Lipinski definition) is 1. The Hall–Kier alpha value is -3.32. The monoisotopic (exact) mass is 494 g/mol. The van der Waals surface area contributed by atoms with Crippen LogP contribution < -0.4 is 14.4 Å². The highest BCUT2D eigenvalue weighted by Crippen LogP contribution is 2.28. The van der Waals surface area contributed by atoms with Gasteiger partial charge < -0.3 is 10.1 Å². The number of nitrogens with one attached hydrogen (secondary N) is 1. The van der Waals surface area contributed by atoms with Crippen molar-refractivity contribution in [2.45, 2.75) is 45.3 Å². The minimum absolute atomic E-state index is 0.132. The van der Waals surface area contributed by atoms with Crippen LogP contribution in [0.4, 0.5) is 5.69 Å². The largest absolute Gasteiger partial charge is 0.489 e. The fourth-order valence-corrected chi connectivity index (χ4v) is 4.98. The lowest BCUT2D eigenvalue weighted by Crippen LogP contribution is -2.44. The molecule has 0 saturated heterocycles. The Morgan fingerprint density at radius 2 is 1.51 bits per heavy atom. The summed E-state index contributed by atoms with van der Waals surface area (Å²) in [5.41, 5.74) is 2.50. The highest BCUT2D eigenvalue weighted by molar-refractivity contribution is 7.92. The van der Waals surface area contributed by atoms with E-state index in [1.807, 2.05) is 55.5 Å². The third-order valence-electron chi connectivity index (χ3n) is 5.84. The second kappa shape index (κ2) is 11.4. The first kappa shape index (κ1) is 26.3. The van der Waals surface area contributed by atoms with Crippen LogP contribution in [0.15, 0.2) is 84.9 Å². The summed E-state index contributed by atoms with van der Waals surface area (Å²) < 4.78 is 31.8. The van der Waals surface area contributed by atoms with Gasteiger partial charge in [-0.3, -0.25) is 9.10 Å². The number of nitrogens with zero attached hydrogens (tertiary/aromatic N) is 1. The highest BCUT2D eigenvalue weighted by atomic mass is 32.2. The van der Waals surface area contributed by atoms with Crippen molar-refractivity contribution in [3.05, 3.63) is 96.1 Å². The molecule has 0 fully saturated rings. The average molecular weight is 495 g/mol. The van der Waals surface area contributed by atoms with Gasteiger partial charge in [-0.15, -0.1) is 0 Å². The van der Waals surface area contributed by atoms with Crippen LogP contribution in [0.1, 0.15) is 38.3 Å². The van der Waals surface area contributed by atoms with E-state index in [0.29, 0.717) is 18.0 Å². The van der Waals surface area contributed by atoms with Gasteiger partial charge in [-0.1, -0.05) is 74.5 Å². The lowest BCUT2D eigenvalue weighted by molar-refractivity contribution is -0.120. The van der Waals surface area contributed by atoms with E-state index in [2.05, 4.69) is 31.3 Å². The molecule has 0 aromatic heterocycles. The van der Waals surface area contributed by atoms with Gasteiger partial charge >= 0.3 is 0 Å². The maximum Gasteiger partial charge on any atom is 0.240 e. The molecule has 3 aromatic carbocycles. The van der Waals surface area contributed by atoms with Crippen LogP contribution in [0.3, 0.4) is 0 Å². The minimum atomic E-state index is -3.66. The number of amides is 1. The Morgan fingerprint density at radius 3 is 2.09 bits per heavy atom. The van der Waals surface area contributed by atoms with E-state index >= 15 is 0 Å². The summed E-state index contributed by atoms with van der Waals surface area (Å²) in [7, 11) is -3.66. The maximum absolute atomic E-state index is 12.8. The molecule has 3 rings (SSSR count). The van der Waals surface area contributed by atoms with Crippen molar-refractivity contribution < 1.29 is 17.9 Å². The summed E-state index contributed by atoms with van der Waals surface area (Å²) in [4.78, 5) is 12.8. The average Bonchev–Trinajstić information content (AvgIpc) is 2.82. The third-order valence-corrected chi connectivity index (χ3v) is 6.98. The van der Waals surface area contributed by atoms with Gasteiger partial charge in [0.25, 0.3) is 0 Å². The van der Waals surface area contributed by atoms with Gasteiger partial charge in [-0.25, -0.2) is 8.42 Å². The Bertz CT molecular complexity index is 1190. The van der Waals surface area contributed by atoms with Gasteiger partial charge in [0.1, 0.15) is 18.9 Å². The fraction of sp³-hybridized carbons (Fsp3) is 0.321. The molecule has 186 valence electrons. The van der Waals surface area contributed by atoms with Crippen molar-refractivity contribution in [1.82, 2.24) is 5.32 Å². The van der Waals surface area contributed by atoms with E-state index < -0.39 is 10.0 Å². The molecule has 1 unspecified atom stereocenters. The molecule has 1 atom stereocenters. The number of rotatable bonds is 11. The van der Waals surface area contributed by atoms with Gasteiger partial charge in [0.15, 0.2) is 0 Å². The van der Waals surface area contributed by atoms with E-state index in [-0.39, 0.29) is 23.9 Å². The number of benzene rings is 3. The first-order chi connectivity index (χ1) is 16.5. The van der Waals surface area contributed by atoms with Crippen LogP contribution in [-0.2, 0) is 26.8 Å². The first-order valence-corrected chi connectivity index (χ1v) is 13.5. The summed E-state index contributed by atoms with van der Waals surface area (Å²) in [6.07, 6.45) is 1.82. The van der Waals surface area contributed by atoms with Crippen molar-refractivity contribution in [3.8, 4) is 5.75 Å². The molecule has 0 aliphatic heterocycles. The first-order valence-electron chi connectivity index (χ1n) is 11.6. The van der Waals surface area contributed by atoms with E-state index in [1.54, 1.807) is 24.3 Å². The Labute approximate surface area is 209 Å². The Morgan fingerprint density at radius 1 is 0.943 bits per heavy atom. The molecule has 6 nitrogen and oxygen atoms in total. The second-order valence-corrected chi connectivity index (χ2v) is 11.4. The minimum Gasteiger partial charge on any atom is -0.489 e. The van der Waals surface area contributed by atoms with Crippen LogP contribution >= 0.6 is 0 Å². The predicted octanol–water partition coefficient (Wildman–Crippen LogP) is 4.90. The van der Waals surface area contributed by atoms with Crippen molar-refractivity contribution in [2.75, 3.05) is 17.1 Å². The SMILES string of the molecule is CC(CC(C)(C)c1ccccc1)NC(=O)CN(c1ccc(OCc2ccccc2)cc1)S(C)(=O)=O. The van der Waals surface area contributed by atoms with Crippen LogP contribution in [0.25, 0.3) is 0 Å². The number of ether oxygens (including phenoxy) is 1. The molecule has 0 aliphatic rings. The van der Waals surface area contributed by atoms with E-state index in [4.69, 9.17) is 4.74 Å². The Kier molecular flexibility index (Phi) is 8.57. The standard InChI is InChI=1S/C28H34N2O4S/c1-22(19-28(2,3)24-13-9-6-10-14-24)29-27(31)20-30(35(4,32)33)25-15-17-26(18-16-25)34-21-23-11-7-5-8-12-23/h5-18,22H,19-21H2,1-4H3,(H,29,31). The number of carbonyl (C=O) groups is 1. The molecule has 0 aliphatic carbocycles. The molecule has 7 heteroatoms. The fourth-order valence-electron chi connectivity index (χ4n) is 4.12. The van der Waals surface area contributed by atoms with Gasteiger partial charge in [-0.2, -0.15) is 0 Å². The van der Waals surface area contributed by atoms with Crippen molar-refractivity contribution in [2.24, 2.45) is 0 Å². The number of hydrogen-bond acceptors (Lipinski definition) is 4. The third kappa shape index (κ3) is 7.86. The summed E-state index contributed by atoms with van der Waals surface area (Å²) in [5.74, 6) is 0.267. The summed E-state index contributed by atoms with van der Waals surface area (Å²) in [6.45, 7) is 6.32. The van der Waals surface area contributed by atoms with Crippen LogP contribution in [0.2, 0.25) is 0 Å². The maximum atomic E-state index is 12.8. The van der Waals surface area contributed by atoms with Gasteiger partial charge in [0.2, 0.25) is 15.9 Å². The molecule has 35 heavy (non-hydrogen) atoms. The van der Waals surface area contributed by atoms with Crippen molar-refractivity contribution in [3.63, 3.8) is 0 Å². The van der Waals surface area contributed by atoms with E-state index in [9.17, 15) is 13.2 Å². The molecule has 0 spiro atoms. The van der Waals surface area contributed by atoms with Gasteiger partial charge in [-0.05, 0) is 54.2 Å². The quantitative estimate of drug-likeness (QED) is 0.411. The number of anilines is 1. The molecule has 1 N–H and O–H groups in total. The second-order valence-electron chi connectivity index (χ2n) is 9.46. The highest BCUT2D eigenvalue weighted by Gasteiger charge is 2.26. The molecular weight excluding hydrogens is 460 g/mol. The van der Waals surface area contributed by atoms with Crippen molar-refractivity contribution >= 4 is 21.6 Å². The zero-order valence-corrected chi connectivity index (χ0v) is 21.6.